The molecule has 0 spiro atoms. The Morgan fingerprint density at radius 3 is 2.58 bits per heavy atom. The van der Waals surface area contributed by atoms with Gasteiger partial charge in [0.1, 0.15) is 11.9 Å². The smallest absolute Gasteiger partial charge is 0.108 e. The summed E-state index contributed by atoms with van der Waals surface area (Å²) >= 11 is 1.86. The molecule has 1 aromatic rings. The molecule has 0 aliphatic carbocycles. The Balaban J connectivity index is 2.07. The quantitative estimate of drug-likeness (QED) is 0.704. The van der Waals surface area contributed by atoms with Crippen molar-refractivity contribution < 1.29 is 4.74 Å². The Labute approximate surface area is 121 Å². The summed E-state index contributed by atoms with van der Waals surface area (Å²) in [6.45, 7) is 8.98. The van der Waals surface area contributed by atoms with Gasteiger partial charge in [-0.15, -0.1) is 0 Å². The lowest BCUT2D eigenvalue weighted by atomic mass is 9.91. The van der Waals surface area contributed by atoms with E-state index in [1.807, 2.05) is 11.8 Å². The van der Waals surface area contributed by atoms with Crippen molar-refractivity contribution >= 4 is 11.8 Å². The maximum atomic E-state index is 6.13. The Morgan fingerprint density at radius 2 is 1.95 bits per heavy atom. The second-order valence-electron chi connectivity index (χ2n) is 5.47. The molecule has 1 nitrogen and oxygen atoms in total. The van der Waals surface area contributed by atoms with Crippen molar-refractivity contribution in [1.29, 1.82) is 0 Å². The summed E-state index contributed by atoms with van der Waals surface area (Å²) in [5.74, 6) is 2.25. The van der Waals surface area contributed by atoms with Crippen molar-refractivity contribution in [3.8, 4) is 0 Å². The van der Waals surface area contributed by atoms with E-state index in [0.29, 0.717) is 17.9 Å². The molecular formula is C17H24OS. The second-order valence-corrected chi connectivity index (χ2v) is 6.59. The van der Waals surface area contributed by atoms with Gasteiger partial charge in [0.2, 0.25) is 0 Å². The molecule has 0 unspecified atom stereocenters. The monoisotopic (exact) mass is 276 g/mol. The van der Waals surface area contributed by atoms with E-state index >= 15 is 0 Å². The van der Waals surface area contributed by atoms with Gasteiger partial charge in [-0.3, -0.25) is 0 Å². The molecule has 2 rings (SSSR count). The maximum Gasteiger partial charge on any atom is 0.108 e. The van der Waals surface area contributed by atoms with Gasteiger partial charge in [-0.2, -0.15) is 0 Å². The van der Waals surface area contributed by atoms with E-state index in [1.165, 1.54) is 22.6 Å². The molecule has 1 heterocycles. The predicted octanol–water partition coefficient (Wildman–Crippen LogP) is 5.48. The van der Waals surface area contributed by atoms with Gasteiger partial charge >= 0.3 is 0 Å². The van der Waals surface area contributed by atoms with Crippen LogP contribution in [0.3, 0.4) is 0 Å². The zero-order valence-electron chi connectivity index (χ0n) is 12.3. The molecular weight excluding hydrogens is 252 g/mol. The van der Waals surface area contributed by atoms with Crippen LogP contribution in [-0.4, -0.2) is 6.10 Å². The maximum absolute atomic E-state index is 6.13. The van der Waals surface area contributed by atoms with Crippen molar-refractivity contribution in [1.82, 2.24) is 0 Å². The Hall–Kier alpha value is -0.890. The first kappa shape index (κ1) is 14.5. The molecule has 2 heteroatoms. The van der Waals surface area contributed by atoms with Crippen LogP contribution in [0.5, 0.6) is 0 Å². The Bertz CT molecular complexity index is 438. The van der Waals surface area contributed by atoms with E-state index in [4.69, 9.17) is 4.74 Å². The Kier molecular flexibility index (Phi) is 4.98. The highest BCUT2D eigenvalue weighted by molar-refractivity contribution is 8.03. The first-order chi connectivity index (χ1) is 9.13. The highest BCUT2D eigenvalue weighted by atomic mass is 32.2. The van der Waals surface area contributed by atoms with Crippen molar-refractivity contribution in [2.45, 2.75) is 51.5 Å². The van der Waals surface area contributed by atoms with E-state index < -0.39 is 0 Å². The minimum Gasteiger partial charge on any atom is -0.493 e. The fourth-order valence-corrected chi connectivity index (χ4v) is 3.90. The third kappa shape index (κ3) is 3.36. The molecule has 19 heavy (non-hydrogen) atoms. The van der Waals surface area contributed by atoms with Crippen molar-refractivity contribution in [2.24, 2.45) is 11.8 Å². The number of benzene rings is 1. The molecule has 0 saturated heterocycles. The number of hydrogen-bond donors (Lipinski definition) is 0. The minimum absolute atomic E-state index is 0.353. The highest BCUT2D eigenvalue weighted by Gasteiger charge is 2.35. The zero-order valence-corrected chi connectivity index (χ0v) is 13.2. The summed E-state index contributed by atoms with van der Waals surface area (Å²) < 4.78 is 6.13. The average Bonchev–Trinajstić information content (AvgIpc) is 2.68. The number of hydrogen-bond acceptors (Lipinski definition) is 2. The normalized spacial score (nSPS) is 24.4. The van der Waals surface area contributed by atoms with E-state index in [-0.39, 0.29) is 0 Å². The summed E-state index contributed by atoms with van der Waals surface area (Å²) in [4.78, 5) is 2.70. The standard InChI is InChI=1S/C17H24OS/c1-5-9-12(2)16-13(3)17(14(4)18-16)19-15-10-7-6-8-11-15/h6-8,10-13,16H,5,9H2,1-4H3/t12-,13-,16+/m0/s1. The third-order valence-electron chi connectivity index (χ3n) is 3.84. The summed E-state index contributed by atoms with van der Waals surface area (Å²) in [6.07, 6.45) is 2.82. The van der Waals surface area contributed by atoms with Crippen LogP contribution in [-0.2, 0) is 4.74 Å². The number of allylic oxidation sites excluding steroid dienone is 1. The van der Waals surface area contributed by atoms with Crippen LogP contribution in [0.15, 0.2) is 45.9 Å². The van der Waals surface area contributed by atoms with Crippen LogP contribution < -0.4 is 0 Å². The van der Waals surface area contributed by atoms with Gasteiger partial charge in [-0.05, 0) is 31.4 Å². The molecule has 1 aliphatic heterocycles. The predicted molar refractivity (Wildman–Crippen MR) is 83.1 cm³/mol. The van der Waals surface area contributed by atoms with Gasteiger partial charge in [-0.25, -0.2) is 0 Å². The van der Waals surface area contributed by atoms with Gasteiger partial charge in [0.05, 0.1) is 0 Å². The largest absolute Gasteiger partial charge is 0.493 e. The lowest BCUT2D eigenvalue weighted by molar-refractivity contribution is 0.0667. The number of thioether (sulfide) groups is 1. The van der Waals surface area contributed by atoms with E-state index in [2.05, 4.69) is 58.0 Å². The highest BCUT2D eigenvalue weighted by Crippen LogP contribution is 2.44. The molecule has 3 atom stereocenters. The van der Waals surface area contributed by atoms with Crippen LogP contribution >= 0.6 is 11.8 Å². The van der Waals surface area contributed by atoms with E-state index in [0.717, 1.165) is 5.76 Å². The van der Waals surface area contributed by atoms with Gasteiger partial charge in [0, 0.05) is 15.7 Å². The molecule has 104 valence electrons. The number of rotatable bonds is 5. The molecule has 0 N–H and O–H groups in total. The first-order valence-corrected chi connectivity index (χ1v) is 8.05. The van der Waals surface area contributed by atoms with Gasteiger partial charge in [0.25, 0.3) is 0 Å². The second kappa shape index (κ2) is 6.51. The number of ether oxygens (including phenoxy) is 1. The summed E-state index contributed by atoms with van der Waals surface area (Å²) in [5, 5.41) is 0. The topological polar surface area (TPSA) is 9.23 Å². The summed E-state index contributed by atoms with van der Waals surface area (Å²) in [6, 6.07) is 10.6. The molecule has 1 aliphatic rings. The molecule has 0 aromatic heterocycles. The van der Waals surface area contributed by atoms with Gasteiger partial charge in [-0.1, -0.05) is 57.2 Å². The first-order valence-electron chi connectivity index (χ1n) is 7.23. The van der Waals surface area contributed by atoms with Crippen LogP contribution in [0.4, 0.5) is 0 Å². The van der Waals surface area contributed by atoms with Crippen molar-refractivity contribution in [3.63, 3.8) is 0 Å². The lowest BCUT2D eigenvalue weighted by Gasteiger charge is -2.23. The fraction of sp³-hybridized carbons (Fsp3) is 0.529. The van der Waals surface area contributed by atoms with Gasteiger partial charge in [0.15, 0.2) is 0 Å². The average molecular weight is 276 g/mol. The molecule has 0 amide bonds. The third-order valence-corrected chi connectivity index (χ3v) is 5.23. The SMILES string of the molecule is CCC[C@H](C)[C@H]1OC(C)=C(Sc2ccccc2)[C@H]1C. The fourth-order valence-electron chi connectivity index (χ4n) is 2.84. The van der Waals surface area contributed by atoms with E-state index in [9.17, 15) is 0 Å². The zero-order chi connectivity index (χ0) is 13.8. The molecule has 0 bridgehead atoms. The molecule has 0 fully saturated rings. The van der Waals surface area contributed by atoms with Crippen LogP contribution in [0, 0.1) is 11.8 Å². The Morgan fingerprint density at radius 1 is 1.26 bits per heavy atom. The molecule has 0 saturated carbocycles. The van der Waals surface area contributed by atoms with Crippen molar-refractivity contribution in [3.05, 3.63) is 41.0 Å². The van der Waals surface area contributed by atoms with E-state index in [1.54, 1.807) is 0 Å². The lowest BCUT2D eigenvalue weighted by Crippen LogP contribution is -2.24. The minimum atomic E-state index is 0.353. The van der Waals surface area contributed by atoms with Crippen LogP contribution in [0.25, 0.3) is 0 Å². The van der Waals surface area contributed by atoms with Gasteiger partial charge < -0.3 is 4.74 Å². The molecule has 0 radical (unpaired) electrons. The van der Waals surface area contributed by atoms with Crippen LogP contribution in [0.1, 0.15) is 40.5 Å². The van der Waals surface area contributed by atoms with Crippen molar-refractivity contribution in [2.75, 3.05) is 0 Å². The summed E-state index contributed by atoms with van der Waals surface area (Å²) in [7, 11) is 0. The molecule has 1 aromatic carbocycles. The summed E-state index contributed by atoms with van der Waals surface area (Å²) in [5.41, 5.74) is 0. The van der Waals surface area contributed by atoms with Crippen LogP contribution in [0.2, 0.25) is 0 Å².